The summed E-state index contributed by atoms with van der Waals surface area (Å²) < 4.78 is 135. The van der Waals surface area contributed by atoms with Gasteiger partial charge in [-0.1, -0.05) is 0 Å². The SMILES string of the molecule is FC(F)(F)OP(OC(F)(F)F)OC(F)(F)C(F)(F)F. The molecule has 3 nitrogen and oxygen atoms in total. The summed E-state index contributed by atoms with van der Waals surface area (Å²) >= 11 is 0. The van der Waals surface area contributed by atoms with Gasteiger partial charge < -0.3 is 0 Å². The molecule has 0 saturated carbocycles. The Kier molecular flexibility index (Phi) is 5.37. The second-order valence-corrected chi connectivity index (χ2v) is 3.40. The third-order valence-corrected chi connectivity index (χ3v) is 1.97. The van der Waals surface area contributed by atoms with Gasteiger partial charge in [0.1, 0.15) is 0 Å². The van der Waals surface area contributed by atoms with Crippen molar-refractivity contribution in [1.29, 1.82) is 0 Å². The van der Waals surface area contributed by atoms with Crippen LogP contribution in [0.3, 0.4) is 0 Å². The summed E-state index contributed by atoms with van der Waals surface area (Å²) in [5.41, 5.74) is 0. The van der Waals surface area contributed by atoms with Crippen molar-refractivity contribution in [3.8, 4) is 0 Å². The Morgan fingerprint density at radius 2 is 0.842 bits per heavy atom. The van der Waals surface area contributed by atoms with Gasteiger partial charge in [-0.25, -0.2) is 13.6 Å². The predicted molar refractivity (Wildman–Crippen MR) is 33.3 cm³/mol. The Morgan fingerprint density at radius 3 is 1.05 bits per heavy atom. The minimum Gasteiger partial charge on any atom is -0.238 e. The summed E-state index contributed by atoms with van der Waals surface area (Å²) in [6.07, 6.45) is -24.9. The second-order valence-electron chi connectivity index (χ2n) is 2.40. The van der Waals surface area contributed by atoms with E-state index in [2.05, 4.69) is 13.6 Å². The van der Waals surface area contributed by atoms with Crippen LogP contribution in [-0.4, -0.2) is 25.0 Å². The van der Waals surface area contributed by atoms with Crippen LogP contribution < -0.4 is 0 Å². The highest BCUT2D eigenvalue weighted by molar-refractivity contribution is 7.41. The van der Waals surface area contributed by atoms with Crippen LogP contribution in [0.1, 0.15) is 0 Å². The molecule has 15 heteroatoms. The summed E-state index contributed by atoms with van der Waals surface area (Å²) in [6.45, 7) is 0. The van der Waals surface area contributed by atoms with E-state index in [1.807, 2.05) is 0 Å². The molecule has 0 rings (SSSR count). The summed E-state index contributed by atoms with van der Waals surface area (Å²) in [5.74, 6) is 0. The van der Waals surface area contributed by atoms with Gasteiger partial charge in [0.05, 0.1) is 0 Å². The second kappa shape index (κ2) is 5.50. The van der Waals surface area contributed by atoms with E-state index in [1.165, 1.54) is 0 Å². The average molecular weight is 336 g/mol. The molecular formula is C4F11O3P. The van der Waals surface area contributed by atoms with Crippen molar-refractivity contribution in [2.75, 3.05) is 0 Å². The quantitative estimate of drug-likeness (QED) is 0.561. The van der Waals surface area contributed by atoms with Crippen LogP contribution in [0.5, 0.6) is 0 Å². The summed E-state index contributed by atoms with van der Waals surface area (Å²) in [4.78, 5) is 0. The lowest BCUT2D eigenvalue weighted by Crippen LogP contribution is -2.38. The molecule has 0 bridgehead atoms. The first-order valence-electron chi connectivity index (χ1n) is 3.49. The predicted octanol–water partition coefficient (Wildman–Crippen LogP) is 4.46. The zero-order chi connectivity index (χ0) is 15.7. The minimum atomic E-state index is -6.56. The van der Waals surface area contributed by atoms with Gasteiger partial charge in [0.25, 0.3) is 0 Å². The van der Waals surface area contributed by atoms with Gasteiger partial charge >= 0.3 is 33.6 Å². The van der Waals surface area contributed by atoms with Crippen molar-refractivity contribution < 1.29 is 61.9 Å². The van der Waals surface area contributed by atoms with Crippen molar-refractivity contribution in [2.24, 2.45) is 0 Å². The van der Waals surface area contributed by atoms with Gasteiger partial charge in [-0.2, -0.15) is 22.0 Å². The van der Waals surface area contributed by atoms with E-state index in [-0.39, 0.29) is 0 Å². The summed E-state index contributed by atoms with van der Waals surface area (Å²) in [5, 5.41) is 0. The normalized spacial score (nSPS) is 15.2. The number of hydrogen-bond donors (Lipinski definition) is 0. The fourth-order valence-electron chi connectivity index (χ4n) is 0.370. The van der Waals surface area contributed by atoms with E-state index in [0.717, 1.165) is 0 Å². The lowest BCUT2D eigenvalue weighted by Gasteiger charge is -2.24. The maximum atomic E-state index is 12.1. The zero-order valence-corrected chi connectivity index (χ0v) is 8.72. The highest BCUT2D eigenvalue weighted by atomic mass is 31.2. The molecule has 0 atom stereocenters. The first kappa shape index (κ1) is 18.5. The molecule has 0 aliphatic heterocycles. The molecule has 0 radical (unpaired) electrons. The standard InChI is InChI=1S/C4F11O3P/c5-1(6,7)2(8,9)16-19(17-3(10,11)12)18-4(13,14)15. The molecule has 116 valence electrons. The third kappa shape index (κ3) is 7.64. The van der Waals surface area contributed by atoms with E-state index in [0.29, 0.717) is 0 Å². The lowest BCUT2D eigenvalue weighted by molar-refractivity contribution is -0.376. The van der Waals surface area contributed by atoms with Gasteiger partial charge in [-0.3, -0.25) is 0 Å². The van der Waals surface area contributed by atoms with E-state index in [9.17, 15) is 48.3 Å². The molecule has 0 aromatic carbocycles. The lowest BCUT2D eigenvalue weighted by atomic mass is 10.6. The van der Waals surface area contributed by atoms with Crippen LogP contribution in [0.4, 0.5) is 48.3 Å². The molecule has 0 aliphatic rings. The summed E-state index contributed by atoms with van der Waals surface area (Å²) in [7, 11) is -5.11. The van der Waals surface area contributed by atoms with Crippen LogP contribution >= 0.6 is 8.60 Å². The Bertz CT molecular complexity index is 276. The maximum absolute atomic E-state index is 12.1. The first-order chi connectivity index (χ1) is 8.04. The number of rotatable bonds is 4. The van der Waals surface area contributed by atoms with Crippen LogP contribution in [0, 0.1) is 0 Å². The van der Waals surface area contributed by atoms with Crippen LogP contribution in [0.2, 0.25) is 0 Å². The molecule has 0 aromatic rings. The van der Waals surface area contributed by atoms with Crippen molar-refractivity contribution in [2.45, 2.75) is 25.0 Å². The van der Waals surface area contributed by atoms with Crippen LogP contribution in [0.25, 0.3) is 0 Å². The zero-order valence-electron chi connectivity index (χ0n) is 7.83. The molecule has 19 heavy (non-hydrogen) atoms. The summed E-state index contributed by atoms with van der Waals surface area (Å²) in [6, 6.07) is 0. The molecule has 0 amide bonds. The topological polar surface area (TPSA) is 27.7 Å². The largest absolute Gasteiger partial charge is 0.529 e. The highest BCUT2D eigenvalue weighted by Gasteiger charge is 2.63. The first-order valence-corrected chi connectivity index (χ1v) is 4.58. The van der Waals surface area contributed by atoms with Crippen LogP contribution in [0.15, 0.2) is 0 Å². The molecular weight excluding hydrogens is 336 g/mol. The van der Waals surface area contributed by atoms with E-state index < -0.39 is 33.6 Å². The van der Waals surface area contributed by atoms with E-state index in [1.54, 1.807) is 0 Å². The smallest absolute Gasteiger partial charge is 0.238 e. The highest BCUT2D eigenvalue weighted by Crippen LogP contribution is 2.55. The fourth-order valence-corrected chi connectivity index (χ4v) is 1.11. The maximum Gasteiger partial charge on any atom is 0.529 e. The van der Waals surface area contributed by atoms with Gasteiger partial charge in [0.15, 0.2) is 0 Å². The monoisotopic (exact) mass is 336 g/mol. The van der Waals surface area contributed by atoms with E-state index in [4.69, 9.17) is 0 Å². The van der Waals surface area contributed by atoms with Crippen molar-refractivity contribution in [1.82, 2.24) is 0 Å². The minimum absolute atomic E-state index is 2.27. The van der Waals surface area contributed by atoms with E-state index >= 15 is 0 Å². The number of halogens is 11. The van der Waals surface area contributed by atoms with Gasteiger partial charge in [0.2, 0.25) is 0 Å². The number of alkyl halides is 11. The van der Waals surface area contributed by atoms with Crippen molar-refractivity contribution >= 4 is 8.60 Å². The Balaban J connectivity index is 4.96. The van der Waals surface area contributed by atoms with Crippen molar-refractivity contribution in [3.05, 3.63) is 0 Å². The number of hydrogen-bond acceptors (Lipinski definition) is 3. The average Bonchev–Trinajstić information content (AvgIpc) is 1.91. The molecule has 0 aromatic heterocycles. The molecule has 0 N–H and O–H groups in total. The third-order valence-electron chi connectivity index (χ3n) is 0.875. The van der Waals surface area contributed by atoms with Gasteiger partial charge in [-0.05, 0) is 0 Å². The Labute approximate surface area is 96.8 Å². The van der Waals surface area contributed by atoms with Crippen LogP contribution in [-0.2, 0) is 13.6 Å². The Morgan fingerprint density at radius 1 is 0.526 bits per heavy atom. The van der Waals surface area contributed by atoms with Gasteiger partial charge in [0, 0.05) is 0 Å². The molecule has 0 heterocycles. The van der Waals surface area contributed by atoms with Crippen molar-refractivity contribution in [3.63, 3.8) is 0 Å². The molecule has 0 unspecified atom stereocenters. The Hall–Kier alpha value is -0.460. The fraction of sp³-hybridized carbons (Fsp3) is 1.00. The molecule has 0 fully saturated rings. The molecule has 0 spiro atoms. The molecule has 0 aliphatic carbocycles. The molecule has 0 saturated heterocycles. The van der Waals surface area contributed by atoms with Gasteiger partial charge in [-0.15, -0.1) is 26.3 Å².